The number of rotatable bonds is 14. The molecule has 1 atom stereocenters. The number of carbonyl (C=O) groups is 1. The molecule has 0 radical (unpaired) electrons. The van der Waals surface area contributed by atoms with E-state index in [4.69, 9.17) is 0 Å². The van der Waals surface area contributed by atoms with E-state index in [2.05, 4.69) is 75.6 Å². The first-order valence-electron chi connectivity index (χ1n) is 22.8. The number of amides is 1. The second-order valence-electron chi connectivity index (χ2n) is 17.8. The number of H-pyrrole nitrogens is 1. The number of fused-ring (bicyclic) bond motifs is 5. The molecule has 0 saturated carbocycles. The normalized spacial score (nSPS) is 16.5. The SMILES string of the molecule is CCc1cc2c(cc1N1CCN(CCCCCC(=O)NCCCNc3cccc4c(=C=O)n(C5CCC(=C=O)NC5=C=O)c(=C=O)c34)CC1)C(C)(C)c1[nH]c3cc(C#N)ccc3c1C2=C=O. The Balaban J connectivity index is 0.792. The van der Waals surface area contributed by atoms with Crippen LogP contribution in [-0.4, -0.2) is 95.9 Å². The molecule has 1 unspecified atom stereocenters. The van der Waals surface area contributed by atoms with Crippen molar-refractivity contribution in [2.24, 2.45) is 0 Å². The highest BCUT2D eigenvalue weighted by Gasteiger charge is 2.39. The van der Waals surface area contributed by atoms with Crippen LogP contribution < -0.4 is 31.5 Å². The number of anilines is 2. The van der Waals surface area contributed by atoms with Gasteiger partial charge in [0.25, 0.3) is 0 Å². The zero-order chi connectivity index (χ0) is 46.5. The van der Waals surface area contributed by atoms with Crippen molar-refractivity contribution in [1.82, 2.24) is 25.1 Å². The van der Waals surface area contributed by atoms with E-state index >= 15 is 0 Å². The zero-order valence-electron chi connectivity index (χ0n) is 37.5. The van der Waals surface area contributed by atoms with Gasteiger partial charge in [-0.25, -0.2) is 24.0 Å². The van der Waals surface area contributed by atoms with Crippen molar-refractivity contribution in [3.05, 3.63) is 104 Å². The lowest BCUT2D eigenvalue weighted by atomic mass is 9.69. The number of aromatic amines is 1. The Kier molecular flexibility index (Phi) is 13.2. The number of piperazine rings is 1. The fourth-order valence-corrected chi connectivity index (χ4v) is 10.1. The molecule has 4 heterocycles. The highest BCUT2D eigenvalue weighted by atomic mass is 16.1. The summed E-state index contributed by atoms with van der Waals surface area (Å²) in [7, 11) is 0. The van der Waals surface area contributed by atoms with Gasteiger partial charge in [0.1, 0.15) is 39.9 Å². The molecule has 2 aromatic heterocycles. The average Bonchev–Trinajstić information content (AvgIpc) is 3.90. The highest BCUT2D eigenvalue weighted by molar-refractivity contribution is 6.10. The Morgan fingerprint density at radius 1 is 0.864 bits per heavy atom. The third kappa shape index (κ3) is 8.36. The maximum Gasteiger partial charge on any atom is 0.219 e. The van der Waals surface area contributed by atoms with E-state index in [0.29, 0.717) is 53.5 Å². The van der Waals surface area contributed by atoms with E-state index in [1.807, 2.05) is 24.0 Å². The van der Waals surface area contributed by atoms with E-state index in [1.165, 1.54) is 15.8 Å². The van der Waals surface area contributed by atoms with E-state index in [9.17, 15) is 34.0 Å². The van der Waals surface area contributed by atoms with Crippen LogP contribution in [-0.2, 0) is 40.6 Å². The number of carbonyl (C=O) groups excluding carboxylic acids is 6. The summed E-state index contributed by atoms with van der Waals surface area (Å²) in [6.07, 6.45) is 5.19. The van der Waals surface area contributed by atoms with Crippen molar-refractivity contribution in [2.75, 3.05) is 56.0 Å². The predicted molar refractivity (Wildman–Crippen MR) is 253 cm³/mol. The van der Waals surface area contributed by atoms with Gasteiger partial charge in [-0.3, -0.25) is 9.69 Å². The maximum atomic E-state index is 12.7. The van der Waals surface area contributed by atoms with Crippen LogP contribution in [0.25, 0.3) is 27.2 Å². The van der Waals surface area contributed by atoms with Gasteiger partial charge in [0, 0.05) is 102 Å². The van der Waals surface area contributed by atoms with E-state index in [-0.39, 0.29) is 40.8 Å². The number of aromatic nitrogens is 2. The summed E-state index contributed by atoms with van der Waals surface area (Å²) in [5.41, 5.74) is 8.65. The molecule has 2 aliphatic heterocycles. The topological polar surface area (TPSA) is 189 Å². The Morgan fingerprint density at radius 3 is 2.38 bits per heavy atom. The molecule has 0 bridgehead atoms. The zero-order valence-corrected chi connectivity index (χ0v) is 37.5. The number of allylic oxidation sites excluding steroid dienone is 2. The molecule has 2 saturated heterocycles. The average molecular weight is 885 g/mol. The van der Waals surface area contributed by atoms with E-state index in [1.54, 1.807) is 36.1 Å². The minimum Gasteiger partial charge on any atom is -0.384 e. The van der Waals surface area contributed by atoms with Gasteiger partial charge in [0.05, 0.1) is 23.2 Å². The van der Waals surface area contributed by atoms with Crippen molar-refractivity contribution in [1.29, 1.82) is 5.26 Å². The first-order valence-corrected chi connectivity index (χ1v) is 22.8. The summed E-state index contributed by atoms with van der Waals surface area (Å²) in [5, 5.41) is 20.6. The number of unbranched alkanes of at least 4 members (excludes halogenated alkanes) is 2. The van der Waals surface area contributed by atoms with Gasteiger partial charge in [0.15, 0.2) is 11.9 Å². The number of nitrogens with one attached hydrogen (secondary N) is 4. The van der Waals surface area contributed by atoms with Gasteiger partial charge in [0.2, 0.25) is 5.91 Å². The molecule has 2 fully saturated rings. The van der Waals surface area contributed by atoms with Crippen LogP contribution in [0.4, 0.5) is 11.4 Å². The number of aryl methyl sites for hydroxylation is 1. The monoisotopic (exact) mass is 884 g/mol. The molecule has 8 rings (SSSR count). The van der Waals surface area contributed by atoms with Crippen molar-refractivity contribution >= 4 is 74.2 Å². The second kappa shape index (κ2) is 19.4. The second-order valence-corrected chi connectivity index (χ2v) is 17.8. The third-order valence-electron chi connectivity index (χ3n) is 13.6. The molecule has 4 N–H and O–H groups in total. The molecule has 14 nitrogen and oxygen atoms in total. The quantitative estimate of drug-likeness (QED) is 0.0928. The molecule has 3 aliphatic rings. The minimum atomic E-state index is -0.743. The van der Waals surface area contributed by atoms with Gasteiger partial charge in [-0.05, 0) is 85.7 Å². The number of hydrogen-bond acceptors (Lipinski definition) is 11. The molecule has 336 valence electrons. The van der Waals surface area contributed by atoms with Gasteiger partial charge in [-0.2, -0.15) is 5.26 Å². The van der Waals surface area contributed by atoms with Crippen molar-refractivity contribution in [3.63, 3.8) is 0 Å². The van der Waals surface area contributed by atoms with Crippen LogP contribution in [0, 0.1) is 11.3 Å². The summed E-state index contributed by atoms with van der Waals surface area (Å²) in [6, 6.07) is 16.8. The molecule has 0 spiro atoms. The summed E-state index contributed by atoms with van der Waals surface area (Å²) in [6.45, 7) is 12.1. The van der Waals surface area contributed by atoms with Crippen molar-refractivity contribution in [3.8, 4) is 6.07 Å². The lowest BCUT2D eigenvalue weighted by molar-refractivity contribution is -0.121. The van der Waals surface area contributed by atoms with Crippen LogP contribution >= 0.6 is 0 Å². The number of hydrogen-bond donors (Lipinski definition) is 4. The van der Waals surface area contributed by atoms with Crippen LogP contribution in [0.15, 0.2) is 59.9 Å². The largest absolute Gasteiger partial charge is 0.384 e. The fraction of sp³-hybridized carbons (Fsp3) is 0.385. The number of nitrogens with zero attached hydrogens (tertiary/aromatic N) is 4. The van der Waals surface area contributed by atoms with Crippen LogP contribution in [0.2, 0.25) is 0 Å². The molecule has 3 aromatic carbocycles. The lowest BCUT2D eigenvalue weighted by Crippen LogP contribution is -2.47. The van der Waals surface area contributed by atoms with E-state index < -0.39 is 11.5 Å². The van der Waals surface area contributed by atoms with Crippen LogP contribution in [0.1, 0.15) is 105 Å². The molecule has 1 aliphatic carbocycles. The Hall–Kier alpha value is -7.43. The summed E-state index contributed by atoms with van der Waals surface area (Å²) in [4.78, 5) is 81.5. The summed E-state index contributed by atoms with van der Waals surface area (Å²) < 4.78 is 1.43. The fourth-order valence-electron chi connectivity index (χ4n) is 10.1. The summed E-state index contributed by atoms with van der Waals surface area (Å²) in [5.74, 6) is 9.76. The lowest BCUT2D eigenvalue weighted by Gasteiger charge is -2.39. The van der Waals surface area contributed by atoms with Crippen molar-refractivity contribution < 1.29 is 28.8 Å². The van der Waals surface area contributed by atoms with Crippen LogP contribution in [0.3, 0.4) is 0 Å². The maximum absolute atomic E-state index is 12.7. The molecule has 66 heavy (non-hydrogen) atoms. The van der Waals surface area contributed by atoms with E-state index in [0.717, 1.165) is 91.7 Å². The standard InChI is InChI=1S/C52H52N8O6/c1-4-34-25-38-39(29-62)49-36-15-13-33(27-53)24-42(36)57-51(49)52(2,3)40(38)26-45(34)59-22-20-58(21-23-59)19-7-5-6-12-48(66)55-18-9-17-54-41-11-8-10-37-46(31-64)60(47(32-65)50(37)41)44-16-14-35(28-61)56-43(44)30-63/h8,10-11,13,15,24-26,44,54,56-57H,4-7,9,12,14,16-23H2,1-3H3,(H,55,66). The van der Waals surface area contributed by atoms with Gasteiger partial charge < -0.3 is 30.4 Å². The Bertz CT molecular complexity index is 3130. The first-order chi connectivity index (χ1) is 32.1. The molecule has 14 heteroatoms. The molecule has 5 aromatic rings. The van der Waals surface area contributed by atoms with Gasteiger partial charge >= 0.3 is 0 Å². The molecular formula is C52H52N8O6. The Morgan fingerprint density at radius 2 is 1.67 bits per heavy atom. The van der Waals surface area contributed by atoms with Crippen LogP contribution in [0.5, 0.6) is 0 Å². The van der Waals surface area contributed by atoms with Gasteiger partial charge in [-0.1, -0.05) is 45.4 Å². The minimum absolute atomic E-state index is 0.00381. The predicted octanol–water partition coefficient (Wildman–Crippen LogP) is 4.12. The van der Waals surface area contributed by atoms with Crippen molar-refractivity contribution in [2.45, 2.75) is 83.6 Å². The molecule has 1 amide bonds. The smallest absolute Gasteiger partial charge is 0.219 e. The third-order valence-corrected chi connectivity index (χ3v) is 13.6. The summed E-state index contributed by atoms with van der Waals surface area (Å²) >= 11 is 0. The number of benzene rings is 3. The molecular weight excluding hydrogens is 833 g/mol. The highest BCUT2D eigenvalue weighted by Crippen LogP contribution is 2.49. The number of piperidine rings is 1. The first kappa shape index (κ1) is 45.1. The number of nitriles is 1. The van der Waals surface area contributed by atoms with Gasteiger partial charge in [-0.15, -0.1) is 0 Å². The Labute approximate surface area is 382 Å².